The van der Waals surface area contributed by atoms with E-state index < -0.39 is 0 Å². The third-order valence-electron chi connectivity index (χ3n) is 4.06. The molecule has 1 aromatic carbocycles. The van der Waals surface area contributed by atoms with E-state index in [1.54, 1.807) is 12.1 Å². The molecule has 0 bridgehead atoms. The van der Waals surface area contributed by atoms with Gasteiger partial charge in [0.1, 0.15) is 5.75 Å². The van der Waals surface area contributed by atoms with Crippen molar-refractivity contribution in [3.05, 3.63) is 30.3 Å². The molecule has 0 unspecified atom stereocenters. The van der Waals surface area contributed by atoms with Crippen molar-refractivity contribution in [2.24, 2.45) is 0 Å². The lowest BCUT2D eigenvalue weighted by Gasteiger charge is -2.30. The summed E-state index contributed by atoms with van der Waals surface area (Å²) in [5.41, 5.74) is -0.129. The fourth-order valence-corrected chi connectivity index (χ4v) is 2.85. The lowest BCUT2D eigenvalue weighted by atomic mass is 9.90. The Morgan fingerprint density at radius 3 is 2.15 bits per heavy atom. The quantitative estimate of drug-likeness (QED) is 0.852. The van der Waals surface area contributed by atoms with Gasteiger partial charge in [-0.1, -0.05) is 56.7 Å². The highest BCUT2D eigenvalue weighted by Crippen LogP contribution is 2.25. The molecule has 1 amide bonds. The highest BCUT2D eigenvalue weighted by atomic mass is 16.6. The van der Waals surface area contributed by atoms with Crippen molar-refractivity contribution in [3.8, 4) is 5.75 Å². The number of hydrogen-bond donors (Lipinski definition) is 1. The van der Waals surface area contributed by atoms with Crippen LogP contribution in [0.4, 0.5) is 4.79 Å². The van der Waals surface area contributed by atoms with E-state index in [1.807, 2.05) is 18.2 Å². The van der Waals surface area contributed by atoms with E-state index in [-0.39, 0.29) is 11.6 Å². The SMILES string of the molecule is CC1(NC(=O)Oc2ccccc2)CCCCCCCC1. The van der Waals surface area contributed by atoms with Crippen LogP contribution < -0.4 is 10.1 Å². The van der Waals surface area contributed by atoms with Crippen LogP contribution in [0.3, 0.4) is 0 Å². The van der Waals surface area contributed by atoms with Crippen molar-refractivity contribution in [2.45, 2.75) is 63.8 Å². The minimum absolute atomic E-state index is 0.129. The molecule has 1 aliphatic carbocycles. The van der Waals surface area contributed by atoms with Crippen LogP contribution in [0.5, 0.6) is 5.75 Å². The van der Waals surface area contributed by atoms with Gasteiger partial charge in [0.25, 0.3) is 0 Å². The second-order valence-electron chi connectivity index (χ2n) is 6.01. The maximum absolute atomic E-state index is 12.0. The van der Waals surface area contributed by atoms with E-state index in [9.17, 15) is 4.79 Å². The average molecular weight is 275 g/mol. The Labute approximate surface area is 121 Å². The van der Waals surface area contributed by atoms with Gasteiger partial charge < -0.3 is 10.1 Å². The summed E-state index contributed by atoms with van der Waals surface area (Å²) in [4.78, 5) is 12.0. The molecule has 3 heteroatoms. The fraction of sp³-hybridized carbons (Fsp3) is 0.588. The van der Waals surface area contributed by atoms with Gasteiger partial charge in [-0.2, -0.15) is 0 Å². The second kappa shape index (κ2) is 7.32. The lowest BCUT2D eigenvalue weighted by molar-refractivity contribution is 0.180. The van der Waals surface area contributed by atoms with Crippen molar-refractivity contribution in [1.82, 2.24) is 5.32 Å². The van der Waals surface area contributed by atoms with Crippen LogP contribution in [0.1, 0.15) is 58.3 Å². The summed E-state index contributed by atoms with van der Waals surface area (Å²) in [6.45, 7) is 2.14. The van der Waals surface area contributed by atoms with E-state index in [1.165, 1.54) is 38.5 Å². The molecule has 0 radical (unpaired) electrons. The number of hydrogen-bond acceptors (Lipinski definition) is 2. The predicted octanol–water partition coefficient (Wildman–Crippen LogP) is 4.67. The van der Waals surface area contributed by atoms with Gasteiger partial charge in [0.15, 0.2) is 0 Å². The molecular weight excluding hydrogens is 250 g/mol. The number of benzene rings is 1. The topological polar surface area (TPSA) is 38.3 Å². The predicted molar refractivity (Wildman–Crippen MR) is 80.9 cm³/mol. The normalized spacial score (nSPS) is 19.2. The molecule has 20 heavy (non-hydrogen) atoms. The molecule has 3 nitrogen and oxygen atoms in total. The highest BCUT2D eigenvalue weighted by Gasteiger charge is 2.27. The molecule has 1 fully saturated rings. The molecule has 1 saturated carbocycles. The molecule has 1 aliphatic rings. The minimum Gasteiger partial charge on any atom is -0.410 e. The van der Waals surface area contributed by atoms with Crippen LogP contribution in [0.15, 0.2) is 30.3 Å². The van der Waals surface area contributed by atoms with E-state index in [2.05, 4.69) is 12.2 Å². The summed E-state index contributed by atoms with van der Waals surface area (Å²) in [6.07, 6.45) is 9.29. The van der Waals surface area contributed by atoms with Gasteiger partial charge in [-0.3, -0.25) is 0 Å². The van der Waals surface area contributed by atoms with Gasteiger partial charge >= 0.3 is 6.09 Å². The molecule has 1 aromatic rings. The smallest absolute Gasteiger partial charge is 0.410 e. The third kappa shape index (κ3) is 4.87. The number of rotatable bonds is 2. The fourth-order valence-electron chi connectivity index (χ4n) is 2.85. The molecular formula is C17H25NO2. The van der Waals surface area contributed by atoms with Gasteiger partial charge in [0.2, 0.25) is 0 Å². The number of para-hydroxylation sites is 1. The Morgan fingerprint density at radius 1 is 1.00 bits per heavy atom. The molecule has 0 aromatic heterocycles. The summed E-state index contributed by atoms with van der Waals surface area (Å²) in [7, 11) is 0. The summed E-state index contributed by atoms with van der Waals surface area (Å²) >= 11 is 0. The van der Waals surface area contributed by atoms with Crippen molar-refractivity contribution >= 4 is 6.09 Å². The molecule has 0 aliphatic heterocycles. The first-order chi connectivity index (χ1) is 9.68. The van der Waals surface area contributed by atoms with Gasteiger partial charge in [0, 0.05) is 5.54 Å². The van der Waals surface area contributed by atoms with Crippen LogP contribution in [0.2, 0.25) is 0 Å². The second-order valence-corrected chi connectivity index (χ2v) is 6.01. The first-order valence-corrected chi connectivity index (χ1v) is 7.73. The minimum atomic E-state index is -0.335. The zero-order valence-corrected chi connectivity index (χ0v) is 12.4. The largest absolute Gasteiger partial charge is 0.413 e. The summed E-state index contributed by atoms with van der Waals surface area (Å²) in [6, 6.07) is 9.23. The molecule has 1 N–H and O–H groups in total. The van der Waals surface area contributed by atoms with Gasteiger partial charge in [-0.05, 0) is 31.9 Å². The standard InChI is InChI=1S/C17H25NO2/c1-17(13-9-4-2-3-5-10-14-17)18-16(19)20-15-11-7-6-8-12-15/h6-8,11-12H,2-5,9-10,13-14H2,1H3,(H,18,19). The summed E-state index contributed by atoms with van der Waals surface area (Å²) in [5.74, 6) is 0.594. The number of amides is 1. The van der Waals surface area contributed by atoms with E-state index in [4.69, 9.17) is 4.74 Å². The van der Waals surface area contributed by atoms with Crippen molar-refractivity contribution in [1.29, 1.82) is 0 Å². The van der Waals surface area contributed by atoms with E-state index >= 15 is 0 Å². The Morgan fingerprint density at radius 2 is 1.55 bits per heavy atom. The highest BCUT2D eigenvalue weighted by molar-refractivity contribution is 5.71. The number of nitrogens with one attached hydrogen (secondary N) is 1. The molecule has 2 rings (SSSR count). The van der Waals surface area contributed by atoms with Crippen LogP contribution >= 0.6 is 0 Å². The molecule has 0 atom stereocenters. The number of ether oxygens (including phenoxy) is 1. The Kier molecular flexibility index (Phi) is 5.45. The average Bonchev–Trinajstić information content (AvgIpc) is 2.52. The first kappa shape index (κ1) is 14.9. The Balaban J connectivity index is 1.90. The number of carbonyl (C=O) groups is 1. The molecule has 0 heterocycles. The lowest BCUT2D eigenvalue weighted by Crippen LogP contribution is -2.47. The molecule has 0 saturated heterocycles. The van der Waals surface area contributed by atoms with Crippen molar-refractivity contribution < 1.29 is 9.53 Å². The van der Waals surface area contributed by atoms with Crippen LogP contribution in [-0.4, -0.2) is 11.6 Å². The number of carbonyl (C=O) groups excluding carboxylic acids is 1. The van der Waals surface area contributed by atoms with Crippen LogP contribution in [0, 0.1) is 0 Å². The van der Waals surface area contributed by atoms with Gasteiger partial charge in [0.05, 0.1) is 0 Å². The monoisotopic (exact) mass is 275 g/mol. The van der Waals surface area contributed by atoms with Crippen LogP contribution in [0.25, 0.3) is 0 Å². The molecule has 110 valence electrons. The summed E-state index contributed by atoms with van der Waals surface area (Å²) < 4.78 is 5.34. The molecule has 0 spiro atoms. The third-order valence-corrected chi connectivity index (χ3v) is 4.06. The maximum atomic E-state index is 12.0. The van der Waals surface area contributed by atoms with Crippen LogP contribution in [-0.2, 0) is 0 Å². The van der Waals surface area contributed by atoms with Gasteiger partial charge in [-0.25, -0.2) is 4.79 Å². The summed E-state index contributed by atoms with van der Waals surface area (Å²) in [5, 5.41) is 3.08. The maximum Gasteiger partial charge on any atom is 0.413 e. The van der Waals surface area contributed by atoms with Crippen molar-refractivity contribution in [3.63, 3.8) is 0 Å². The first-order valence-electron chi connectivity index (χ1n) is 7.73. The van der Waals surface area contributed by atoms with E-state index in [0.717, 1.165) is 12.8 Å². The van der Waals surface area contributed by atoms with E-state index in [0.29, 0.717) is 5.75 Å². The van der Waals surface area contributed by atoms with Gasteiger partial charge in [-0.15, -0.1) is 0 Å². The zero-order chi connectivity index (χ0) is 14.3. The van der Waals surface area contributed by atoms with Crippen molar-refractivity contribution in [2.75, 3.05) is 0 Å². The Bertz CT molecular complexity index is 406. The Hall–Kier alpha value is -1.51. The zero-order valence-electron chi connectivity index (χ0n) is 12.4.